The summed E-state index contributed by atoms with van der Waals surface area (Å²) in [5.74, 6) is 0. The van der Waals surface area contributed by atoms with Crippen LogP contribution in [0.2, 0.25) is 0 Å². The topological polar surface area (TPSA) is 38.7 Å². The molecule has 96 valence electrons. The molecule has 3 heteroatoms. The third-order valence-corrected chi connectivity index (χ3v) is 2.82. The zero-order chi connectivity index (χ0) is 13.3. The van der Waals surface area contributed by atoms with Crippen molar-refractivity contribution in [1.29, 1.82) is 0 Å². The van der Waals surface area contributed by atoms with Crippen LogP contribution < -0.4 is 0 Å². The van der Waals surface area contributed by atoms with Crippen LogP contribution in [0.5, 0.6) is 0 Å². The quantitative estimate of drug-likeness (QED) is 0.738. The minimum absolute atomic E-state index is 0.920. The van der Waals surface area contributed by atoms with Crippen LogP contribution in [-0.2, 0) is 6.42 Å². The molecule has 0 radical (unpaired) electrons. The van der Waals surface area contributed by atoms with Crippen molar-refractivity contribution in [3.05, 3.63) is 73.1 Å². The number of pyridine rings is 1. The lowest BCUT2D eigenvalue weighted by Gasteiger charge is -2.05. The van der Waals surface area contributed by atoms with Crippen LogP contribution in [-0.4, -0.2) is 15.0 Å². The van der Waals surface area contributed by atoms with E-state index in [-0.39, 0.29) is 0 Å². The summed E-state index contributed by atoms with van der Waals surface area (Å²) in [5.41, 5.74) is 3.21. The van der Waals surface area contributed by atoms with E-state index in [2.05, 4.69) is 27.6 Å². The summed E-state index contributed by atoms with van der Waals surface area (Å²) in [6.45, 7) is 3.76. The van der Waals surface area contributed by atoms with E-state index in [0.29, 0.717) is 0 Å². The summed E-state index contributed by atoms with van der Waals surface area (Å²) >= 11 is 0. The van der Waals surface area contributed by atoms with Crippen LogP contribution >= 0.6 is 0 Å². The lowest BCUT2D eigenvalue weighted by atomic mass is 10.0. The van der Waals surface area contributed by atoms with Crippen molar-refractivity contribution in [2.24, 2.45) is 0 Å². The standard InChI is InChI=1S/C16H17N3/c1-2-6-14(16-13-17-11-12-19-16)7-5-9-15-8-3-4-10-18-15/h2-4,6,8,10-13H,1,5,7,9H2. The third kappa shape index (κ3) is 4.14. The Morgan fingerprint density at radius 3 is 2.79 bits per heavy atom. The Hall–Kier alpha value is -2.29. The van der Waals surface area contributed by atoms with Crippen molar-refractivity contribution in [1.82, 2.24) is 15.0 Å². The molecule has 0 saturated heterocycles. The van der Waals surface area contributed by atoms with Crippen molar-refractivity contribution in [2.45, 2.75) is 19.3 Å². The van der Waals surface area contributed by atoms with Gasteiger partial charge in [0.15, 0.2) is 0 Å². The Labute approximate surface area is 113 Å². The SMILES string of the molecule is C=CC=C(CCCc1ccccn1)c1cnccn1. The van der Waals surface area contributed by atoms with Crippen molar-refractivity contribution in [2.75, 3.05) is 0 Å². The molecule has 0 unspecified atom stereocenters. The number of nitrogens with zero attached hydrogens (tertiary/aromatic N) is 3. The monoisotopic (exact) mass is 251 g/mol. The number of allylic oxidation sites excluding steroid dienone is 3. The molecule has 3 nitrogen and oxygen atoms in total. The summed E-state index contributed by atoms with van der Waals surface area (Å²) in [6, 6.07) is 6.01. The first-order valence-electron chi connectivity index (χ1n) is 6.38. The summed E-state index contributed by atoms with van der Waals surface area (Å²) in [7, 11) is 0. The highest BCUT2D eigenvalue weighted by atomic mass is 14.8. The second kappa shape index (κ2) is 7.21. The molecule has 0 bridgehead atoms. The molecule has 0 N–H and O–H groups in total. The van der Waals surface area contributed by atoms with Crippen LogP contribution in [0.4, 0.5) is 0 Å². The van der Waals surface area contributed by atoms with Gasteiger partial charge in [-0.2, -0.15) is 0 Å². The first-order chi connectivity index (χ1) is 9.40. The van der Waals surface area contributed by atoms with Gasteiger partial charge >= 0.3 is 0 Å². The number of hydrogen-bond acceptors (Lipinski definition) is 3. The summed E-state index contributed by atoms with van der Waals surface area (Å²) in [5, 5.41) is 0. The lowest BCUT2D eigenvalue weighted by Crippen LogP contribution is -1.93. The van der Waals surface area contributed by atoms with Gasteiger partial charge in [0.1, 0.15) is 0 Å². The highest BCUT2D eigenvalue weighted by Crippen LogP contribution is 2.18. The predicted molar refractivity (Wildman–Crippen MR) is 77.4 cm³/mol. The average Bonchev–Trinajstić information content (AvgIpc) is 2.48. The molecule has 2 rings (SSSR count). The highest BCUT2D eigenvalue weighted by molar-refractivity contribution is 5.63. The Balaban J connectivity index is 1.96. The first-order valence-corrected chi connectivity index (χ1v) is 6.38. The molecule has 19 heavy (non-hydrogen) atoms. The van der Waals surface area contributed by atoms with Gasteiger partial charge in [-0.15, -0.1) is 0 Å². The van der Waals surface area contributed by atoms with Gasteiger partial charge in [0.25, 0.3) is 0 Å². The zero-order valence-electron chi connectivity index (χ0n) is 10.9. The van der Waals surface area contributed by atoms with Gasteiger partial charge < -0.3 is 0 Å². The fourth-order valence-corrected chi connectivity index (χ4v) is 1.91. The Bertz CT molecular complexity index is 532. The van der Waals surface area contributed by atoms with E-state index >= 15 is 0 Å². The molecule has 0 amide bonds. The fraction of sp³-hybridized carbons (Fsp3) is 0.188. The predicted octanol–water partition coefficient (Wildman–Crippen LogP) is 3.46. The van der Waals surface area contributed by atoms with E-state index in [1.54, 1.807) is 24.7 Å². The van der Waals surface area contributed by atoms with Crippen LogP contribution in [0.15, 0.2) is 61.7 Å². The molecule has 0 aromatic carbocycles. The van der Waals surface area contributed by atoms with Gasteiger partial charge in [-0.25, -0.2) is 0 Å². The van der Waals surface area contributed by atoms with E-state index in [9.17, 15) is 0 Å². The van der Waals surface area contributed by atoms with Gasteiger partial charge in [0, 0.05) is 24.3 Å². The zero-order valence-corrected chi connectivity index (χ0v) is 10.9. The van der Waals surface area contributed by atoms with Crippen LogP contribution in [0.3, 0.4) is 0 Å². The molecule has 0 aliphatic carbocycles. The van der Waals surface area contributed by atoms with Crippen LogP contribution in [0, 0.1) is 0 Å². The third-order valence-electron chi connectivity index (χ3n) is 2.82. The van der Waals surface area contributed by atoms with Crippen LogP contribution in [0.25, 0.3) is 5.57 Å². The van der Waals surface area contributed by atoms with Crippen molar-refractivity contribution in [3.63, 3.8) is 0 Å². The Kier molecular flexibility index (Phi) is 4.99. The molecule has 2 aromatic rings. The maximum absolute atomic E-state index is 4.33. The molecule has 0 aliphatic rings. The largest absolute Gasteiger partial charge is 0.261 e. The highest BCUT2D eigenvalue weighted by Gasteiger charge is 2.03. The van der Waals surface area contributed by atoms with Crippen molar-refractivity contribution < 1.29 is 0 Å². The number of aryl methyl sites for hydroxylation is 1. The summed E-state index contributed by atoms with van der Waals surface area (Å²) < 4.78 is 0. The molecular weight excluding hydrogens is 234 g/mol. The second-order valence-corrected chi connectivity index (χ2v) is 4.19. The molecular formula is C16H17N3. The van der Waals surface area contributed by atoms with Gasteiger partial charge in [-0.1, -0.05) is 24.8 Å². The lowest BCUT2D eigenvalue weighted by molar-refractivity contribution is 0.824. The van der Waals surface area contributed by atoms with Gasteiger partial charge in [0.05, 0.1) is 11.9 Å². The normalized spacial score (nSPS) is 11.3. The maximum atomic E-state index is 4.33. The molecule has 0 aliphatic heterocycles. The summed E-state index contributed by atoms with van der Waals surface area (Å²) in [4.78, 5) is 12.8. The number of hydrogen-bond donors (Lipinski definition) is 0. The van der Waals surface area contributed by atoms with E-state index in [0.717, 1.165) is 30.7 Å². The molecule has 0 fully saturated rings. The number of rotatable bonds is 6. The molecule has 0 spiro atoms. The maximum Gasteiger partial charge on any atom is 0.0844 e. The summed E-state index contributed by atoms with van der Waals surface area (Å²) in [6.07, 6.45) is 13.8. The van der Waals surface area contributed by atoms with Gasteiger partial charge in [-0.05, 0) is 37.0 Å². The smallest absolute Gasteiger partial charge is 0.0844 e. The average molecular weight is 251 g/mol. The van der Waals surface area contributed by atoms with Crippen LogP contribution in [0.1, 0.15) is 24.2 Å². The van der Waals surface area contributed by atoms with E-state index < -0.39 is 0 Å². The van der Waals surface area contributed by atoms with Crippen molar-refractivity contribution >= 4 is 5.57 Å². The Morgan fingerprint density at radius 2 is 2.11 bits per heavy atom. The minimum Gasteiger partial charge on any atom is -0.261 e. The number of aromatic nitrogens is 3. The van der Waals surface area contributed by atoms with E-state index in [1.165, 1.54) is 5.57 Å². The second-order valence-electron chi connectivity index (χ2n) is 4.19. The molecule has 0 atom stereocenters. The molecule has 0 saturated carbocycles. The van der Waals surface area contributed by atoms with E-state index in [4.69, 9.17) is 0 Å². The molecule has 2 heterocycles. The fourth-order valence-electron chi connectivity index (χ4n) is 1.91. The van der Waals surface area contributed by atoms with E-state index in [1.807, 2.05) is 24.4 Å². The molecule has 2 aromatic heterocycles. The van der Waals surface area contributed by atoms with Gasteiger partial charge in [-0.3, -0.25) is 15.0 Å². The van der Waals surface area contributed by atoms with Gasteiger partial charge in [0.2, 0.25) is 0 Å². The van der Waals surface area contributed by atoms with Crippen molar-refractivity contribution in [3.8, 4) is 0 Å². The minimum atomic E-state index is 0.920. The Morgan fingerprint density at radius 1 is 1.16 bits per heavy atom. The first kappa shape index (κ1) is 13.1.